The van der Waals surface area contributed by atoms with E-state index in [0.29, 0.717) is 19.4 Å². The highest BCUT2D eigenvalue weighted by atomic mass is 16.5. The first-order valence-electron chi connectivity index (χ1n) is 8.00. The van der Waals surface area contributed by atoms with Gasteiger partial charge in [0.15, 0.2) is 0 Å². The van der Waals surface area contributed by atoms with Crippen LogP contribution in [0.25, 0.3) is 11.0 Å². The van der Waals surface area contributed by atoms with Gasteiger partial charge in [0.25, 0.3) is 0 Å². The number of amides is 1. The molecule has 3 aromatic rings. The van der Waals surface area contributed by atoms with Crippen LogP contribution in [-0.2, 0) is 17.8 Å². The molecule has 0 aliphatic heterocycles. The van der Waals surface area contributed by atoms with E-state index in [9.17, 15) is 4.79 Å². The van der Waals surface area contributed by atoms with Crippen LogP contribution in [0.5, 0.6) is 5.75 Å². The maximum Gasteiger partial charge on any atom is 0.223 e. The Morgan fingerprint density at radius 3 is 2.67 bits per heavy atom. The fourth-order valence-corrected chi connectivity index (χ4v) is 2.78. The molecule has 0 N–H and O–H groups in total. The summed E-state index contributed by atoms with van der Waals surface area (Å²) >= 11 is 0. The molecule has 0 fully saturated rings. The molecule has 24 heavy (non-hydrogen) atoms. The first kappa shape index (κ1) is 16.1. The van der Waals surface area contributed by atoms with Gasteiger partial charge in [0.2, 0.25) is 5.91 Å². The van der Waals surface area contributed by atoms with Crippen molar-refractivity contribution in [2.75, 3.05) is 14.2 Å². The number of furan rings is 1. The van der Waals surface area contributed by atoms with Crippen LogP contribution in [0, 0.1) is 0 Å². The summed E-state index contributed by atoms with van der Waals surface area (Å²) < 4.78 is 11.1. The zero-order valence-electron chi connectivity index (χ0n) is 14.0. The van der Waals surface area contributed by atoms with E-state index in [1.54, 1.807) is 19.1 Å². The molecule has 4 nitrogen and oxygen atoms in total. The molecule has 4 heteroatoms. The molecule has 0 aliphatic rings. The number of fused-ring (bicyclic) bond motifs is 1. The molecular formula is C20H21NO3. The van der Waals surface area contributed by atoms with Crippen molar-refractivity contribution < 1.29 is 13.9 Å². The van der Waals surface area contributed by atoms with E-state index in [1.165, 1.54) is 0 Å². The van der Waals surface area contributed by atoms with Crippen molar-refractivity contribution in [3.63, 3.8) is 0 Å². The lowest BCUT2D eigenvalue weighted by Crippen LogP contribution is -2.26. The van der Waals surface area contributed by atoms with Gasteiger partial charge in [-0.3, -0.25) is 4.79 Å². The van der Waals surface area contributed by atoms with E-state index in [0.717, 1.165) is 28.0 Å². The highest BCUT2D eigenvalue weighted by Crippen LogP contribution is 2.21. The van der Waals surface area contributed by atoms with Gasteiger partial charge in [-0.2, -0.15) is 0 Å². The van der Waals surface area contributed by atoms with Crippen LogP contribution in [0.2, 0.25) is 0 Å². The maximum absolute atomic E-state index is 12.4. The van der Waals surface area contributed by atoms with Gasteiger partial charge in [0.1, 0.15) is 17.1 Å². The minimum absolute atomic E-state index is 0.0846. The Hall–Kier alpha value is -2.75. The largest absolute Gasteiger partial charge is 0.496 e. The molecule has 0 saturated heterocycles. The van der Waals surface area contributed by atoms with E-state index < -0.39 is 0 Å². The second-order valence-electron chi connectivity index (χ2n) is 5.81. The molecule has 0 atom stereocenters. The Labute approximate surface area is 141 Å². The van der Waals surface area contributed by atoms with Crippen LogP contribution in [0.4, 0.5) is 0 Å². The number of hydrogen-bond acceptors (Lipinski definition) is 3. The van der Waals surface area contributed by atoms with Crippen molar-refractivity contribution in [3.05, 3.63) is 65.9 Å². The molecule has 0 unspecified atom stereocenters. The Morgan fingerprint density at radius 1 is 1.12 bits per heavy atom. The third kappa shape index (κ3) is 3.59. The molecule has 0 radical (unpaired) electrons. The molecule has 0 bridgehead atoms. The number of ether oxygens (including phenoxy) is 1. The van der Waals surface area contributed by atoms with Crippen molar-refractivity contribution in [2.45, 2.75) is 19.4 Å². The number of carbonyl (C=O) groups excluding carboxylic acids is 1. The lowest BCUT2D eigenvalue weighted by molar-refractivity contribution is -0.130. The van der Waals surface area contributed by atoms with E-state index in [4.69, 9.17) is 9.15 Å². The lowest BCUT2D eigenvalue weighted by Gasteiger charge is -2.16. The van der Waals surface area contributed by atoms with Gasteiger partial charge >= 0.3 is 0 Å². The summed E-state index contributed by atoms with van der Waals surface area (Å²) in [6, 6.07) is 17.6. The van der Waals surface area contributed by atoms with E-state index in [-0.39, 0.29) is 5.91 Å². The fourth-order valence-electron chi connectivity index (χ4n) is 2.78. The molecule has 2 aromatic carbocycles. The molecule has 1 amide bonds. The van der Waals surface area contributed by atoms with Gasteiger partial charge in [-0.05, 0) is 30.2 Å². The minimum atomic E-state index is 0.0846. The number of methoxy groups -OCH3 is 1. The van der Waals surface area contributed by atoms with Crippen LogP contribution < -0.4 is 4.74 Å². The predicted octanol–water partition coefficient (Wildman–Crippen LogP) is 4.03. The Morgan fingerprint density at radius 2 is 1.88 bits per heavy atom. The number of rotatable bonds is 6. The normalized spacial score (nSPS) is 10.8. The van der Waals surface area contributed by atoms with Gasteiger partial charge in [-0.25, -0.2) is 0 Å². The number of para-hydroxylation sites is 2. The van der Waals surface area contributed by atoms with Gasteiger partial charge in [-0.1, -0.05) is 36.4 Å². The van der Waals surface area contributed by atoms with Gasteiger partial charge in [0.05, 0.1) is 13.7 Å². The Bertz CT molecular complexity index is 805. The zero-order chi connectivity index (χ0) is 16.9. The van der Waals surface area contributed by atoms with Crippen molar-refractivity contribution in [3.8, 4) is 5.75 Å². The first-order chi connectivity index (χ1) is 11.7. The minimum Gasteiger partial charge on any atom is -0.496 e. The molecule has 0 spiro atoms. The average molecular weight is 323 g/mol. The second-order valence-corrected chi connectivity index (χ2v) is 5.81. The number of benzene rings is 2. The number of carbonyl (C=O) groups is 1. The maximum atomic E-state index is 12.4. The molecule has 1 aromatic heterocycles. The smallest absolute Gasteiger partial charge is 0.223 e. The van der Waals surface area contributed by atoms with Crippen LogP contribution in [0.3, 0.4) is 0 Å². The highest BCUT2D eigenvalue weighted by Gasteiger charge is 2.13. The summed E-state index contributed by atoms with van der Waals surface area (Å²) in [5.74, 6) is 1.70. The van der Waals surface area contributed by atoms with Crippen LogP contribution in [-0.4, -0.2) is 25.0 Å². The molecular weight excluding hydrogens is 302 g/mol. The summed E-state index contributed by atoms with van der Waals surface area (Å²) in [5.41, 5.74) is 1.90. The Kier molecular flexibility index (Phi) is 4.85. The molecule has 3 rings (SSSR count). The van der Waals surface area contributed by atoms with Crippen molar-refractivity contribution >= 4 is 16.9 Å². The number of aryl methyl sites for hydroxylation is 1. The van der Waals surface area contributed by atoms with E-state index in [1.807, 2.05) is 54.6 Å². The number of hydrogen-bond donors (Lipinski definition) is 0. The topological polar surface area (TPSA) is 42.7 Å². The SMILES string of the molecule is COc1ccccc1CCC(=O)N(C)Cc1cc2ccccc2o1. The molecule has 0 aliphatic carbocycles. The highest BCUT2D eigenvalue weighted by molar-refractivity contribution is 5.78. The van der Waals surface area contributed by atoms with Gasteiger partial charge < -0.3 is 14.1 Å². The van der Waals surface area contributed by atoms with Crippen LogP contribution in [0.15, 0.2) is 59.0 Å². The summed E-state index contributed by atoms with van der Waals surface area (Å²) in [4.78, 5) is 14.1. The third-order valence-corrected chi connectivity index (χ3v) is 4.10. The zero-order valence-corrected chi connectivity index (χ0v) is 14.0. The fraction of sp³-hybridized carbons (Fsp3) is 0.250. The quantitative estimate of drug-likeness (QED) is 0.688. The summed E-state index contributed by atoms with van der Waals surface area (Å²) in [5, 5.41) is 1.06. The van der Waals surface area contributed by atoms with Crippen molar-refractivity contribution in [1.82, 2.24) is 4.90 Å². The standard InChI is InChI=1S/C20H21NO3/c1-21(14-17-13-16-8-4-6-10-19(16)24-17)20(22)12-11-15-7-3-5-9-18(15)23-2/h3-10,13H,11-12,14H2,1-2H3. The average Bonchev–Trinajstić information content (AvgIpc) is 3.02. The van der Waals surface area contributed by atoms with Crippen molar-refractivity contribution in [2.24, 2.45) is 0 Å². The lowest BCUT2D eigenvalue weighted by atomic mass is 10.1. The molecule has 1 heterocycles. The van der Waals surface area contributed by atoms with Gasteiger partial charge in [0, 0.05) is 18.9 Å². The Balaban J connectivity index is 1.60. The van der Waals surface area contributed by atoms with Crippen LogP contribution in [0.1, 0.15) is 17.7 Å². The number of nitrogens with zero attached hydrogens (tertiary/aromatic N) is 1. The van der Waals surface area contributed by atoms with E-state index in [2.05, 4.69) is 0 Å². The van der Waals surface area contributed by atoms with Gasteiger partial charge in [-0.15, -0.1) is 0 Å². The monoisotopic (exact) mass is 323 g/mol. The van der Waals surface area contributed by atoms with Crippen LogP contribution >= 0.6 is 0 Å². The second kappa shape index (κ2) is 7.21. The third-order valence-electron chi connectivity index (χ3n) is 4.10. The van der Waals surface area contributed by atoms with E-state index >= 15 is 0 Å². The summed E-state index contributed by atoms with van der Waals surface area (Å²) in [6.07, 6.45) is 1.10. The van der Waals surface area contributed by atoms with Crippen molar-refractivity contribution in [1.29, 1.82) is 0 Å². The predicted molar refractivity (Wildman–Crippen MR) is 94.0 cm³/mol. The first-order valence-corrected chi connectivity index (χ1v) is 8.00. The summed E-state index contributed by atoms with van der Waals surface area (Å²) in [6.45, 7) is 0.472. The molecule has 124 valence electrons. The summed E-state index contributed by atoms with van der Waals surface area (Å²) in [7, 11) is 3.45. The molecule has 0 saturated carbocycles.